The number of furan rings is 1. The van der Waals surface area contributed by atoms with Gasteiger partial charge in [0.25, 0.3) is 0 Å². The number of benzene rings is 2. The number of hydrogen-bond donors (Lipinski definition) is 1. The Morgan fingerprint density at radius 2 is 1.90 bits per heavy atom. The van der Waals surface area contributed by atoms with Crippen LogP contribution in [0.1, 0.15) is 33.0 Å². The summed E-state index contributed by atoms with van der Waals surface area (Å²) in [5.74, 6) is 0.786. The van der Waals surface area contributed by atoms with E-state index in [2.05, 4.69) is 5.16 Å². The van der Waals surface area contributed by atoms with Gasteiger partial charge in [0.05, 0.1) is 12.7 Å². The van der Waals surface area contributed by atoms with E-state index in [0.29, 0.717) is 22.1 Å². The summed E-state index contributed by atoms with van der Waals surface area (Å²) in [7, 11) is 1.48. The van der Waals surface area contributed by atoms with Gasteiger partial charge in [-0.25, -0.2) is 4.79 Å². The van der Waals surface area contributed by atoms with E-state index < -0.39 is 5.97 Å². The van der Waals surface area contributed by atoms with E-state index in [1.165, 1.54) is 13.2 Å². The van der Waals surface area contributed by atoms with Crippen molar-refractivity contribution in [1.29, 1.82) is 0 Å². The minimum atomic E-state index is -0.795. The molecule has 0 aliphatic carbocycles. The maximum Gasteiger partial charge on any atom is 0.400 e. The van der Waals surface area contributed by atoms with Crippen molar-refractivity contribution in [3.8, 4) is 11.5 Å². The van der Waals surface area contributed by atoms with Crippen LogP contribution in [-0.2, 0) is 11.4 Å². The molecule has 0 unspecified atom stereocenters. The Balaban J connectivity index is 1.64. The van der Waals surface area contributed by atoms with Crippen LogP contribution < -0.4 is 15.2 Å². The van der Waals surface area contributed by atoms with Gasteiger partial charge in [-0.15, -0.1) is 0 Å². The highest BCUT2D eigenvalue weighted by atomic mass is 35.5. The first-order valence-electron chi connectivity index (χ1n) is 9.05. The fourth-order valence-corrected chi connectivity index (χ4v) is 2.81. The summed E-state index contributed by atoms with van der Waals surface area (Å²) in [5.41, 5.74) is 8.39. The van der Waals surface area contributed by atoms with Crippen LogP contribution in [0, 0.1) is 13.8 Å². The second-order valence-electron chi connectivity index (χ2n) is 6.52. The van der Waals surface area contributed by atoms with Gasteiger partial charge in [-0.2, -0.15) is 0 Å². The van der Waals surface area contributed by atoms with Crippen LogP contribution >= 0.6 is 11.6 Å². The molecule has 0 saturated heterocycles. The Bertz CT molecular complexity index is 1090. The molecule has 2 aromatic carbocycles. The Morgan fingerprint density at radius 3 is 2.67 bits per heavy atom. The van der Waals surface area contributed by atoms with Gasteiger partial charge in [0.1, 0.15) is 23.9 Å². The van der Waals surface area contributed by atoms with Crippen molar-refractivity contribution in [2.75, 3.05) is 7.11 Å². The SMILES string of the molecule is COc1ccc(Cl)cc1/C(N)=N/OC(=O)c1ccc(COc2cc(C)ccc2C)o1. The molecule has 3 rings (SSSR count). The lowest BCUT2D eigenvalue weighted by molar-refractivity contribution is 0.0475. The summed E-state index contributed by atoms with van der Waals surface area (Å²) in [5, 5.41) is 4.10. The molecule has 0 radical (unpaired) electrons. The minimum absolute atomic E-state index is 0.0239. The Morgan fingerprint density at radius 1 is 1.10 bits per heavy atom. The molecule has 30 heavy (non-hydrogen) atoms. The fourth-order valence-electron chi connectivity index (χ4n) is 2.64. The van der Waals surface area contributed by atoms with Crippen molar-refractivity contribution in [2.24, 2.45) is 10.9 Å². The molecule has 0 aliphatic heterocycles. The van der Waals surface area contributed by atoms with Crippen molar-refractivity contribution >= 4 is 23.4 Å². The number of methoxy groups -OCH3 is 1. The molecular weight excluding hydrogens is 408 g/mol. The van der Waals surface area contributed by atoms with Crippen LogP contribution in [0.3, 0.4) is 0 Å². The van der Waals surface area contributed by atoms with Crippen LogP contribution in [0.25, 0.3) is 0 Å². The molecule has 0 fully saturated rings. The largest absolute Gasteiger partial charge is 0.496 e. The molecule has 8 heteroatoms. The average Bonchev–Trinajstić information content (AvgIpc) is 3.21. The number of halogens is 1. The summed E-state index contributed by atoms with van der Waals surface area (Å²) in [6.45, 7) is 4.11. The van der Waals surface area contributed by atoms with E-state index in [4.69, 9.17) is 36.1 Å². The molecule has 1 aromatic heterocycles. The van der Waals surface area contributed by atoms with Gasteiger partial charge >= 0.3 is 5.97 Å². The number of carbonyl (C=O) groups is 1. The van der Waals surface area contributed by atoms with Crippen LogP contribution in [0.4, 0.5) is 0 Å². The number of ether oxygens (including phenoxy) is 2. The summed E-state index contributed by atoms with van der Waals surface area (Å²) in [6, 6.07) is 13.9. The molecule has 1 heterocycles. The molecular formula is C22H21ClN2O5. The van der Waals surface area contributed by atoms with Gasteiger partial charge in [0.15, 0.2) is 5.84 Å². The molecule has 3 aromatic rings. The van der Waals surface area contributed by atoms with Crippen LogP contribution in [-0.4, -0.2) is 18.9 Å². The third kappa shape index (κ3) is 5.12. The monoisotopic (exact) mass is 428 g/mol. The first-order chi connectivity index (χ1) is 14.4. The third-order valence-corrected chi connectivity index (χ3v) is 4.48. The predicted molar refractivity (Wildman–Crippen MR) is 113 cm³/mol. The average molecular weight is 429 g/mol. The van der Waals surface area contributed by atoms with E-state index in [1.54, 1.807) is 24.3 Å². The number of nitrogens with two attached hydrogens (primary N) is 1. The topological polar surface area (TPSA) is 96.3 Å². The maximum absolute atomic E-state index is 12.2. The highest BCUT2D eigenvalue weighted by Gasteiger charge is 2.15. The van der Waals surface area contributed by atoms with Crippen LogP contribution in [0.15, 0.2) is 58.1 Å². The fraction of sp³-hybridized carbons (Fsp3) is 0.182. The minimum Gasteiger partial charge on any atom is -0.496 e. The summed E-state index contributed by atoms with van der Waals surface area (Å²) in [4.78, 5) is 17.1. The number of nitrogens with zero attached hydrogens (tertiary/aromatic N) is 1. The van der Waals surface area contributed by atoms with Crippen LogP contribution in [0.5, 0.6) is 11.5 Å². The summed E-state index contributed by atoms with van der Waals surface area (Å²) >= 11 is 5.97. The molecule has 0 aliphatic rings. The number of rotatable bonds is 7. The zero-order chi connectivity index (χ0) is 21.7. The third-order valence-electron chi connectivity index (χ3n) is 4.24. The molecule has 0 amide bonds. The molecule has 2 N–H and O–H groups in total. The van der Waals surface area contributed by atoms with Crippen molar-refractivity contribution in [1.82, 2.24) is 0 Å². The molecule has 156 valence electrons. The quantitative estimate of drug-likeness (QED) is 0.255. The van der Waals surface area contributed by atoms with E-state index >= 15 is 0 Å². The number of aryl methyl sites for hydroxylation is 2. The van der Waals surface area contributed by atoms with Crippen molar-refractivity contribution in [3.63, 3.8) is 0 Å². The van der Waals surface area contributed by atoms with E-state index in [-0.39, 0.29) is 18.2 Å². The van der Waals surface area contributed by atoms with Gasteiger partial charge < -0.3 is 24.5 Å². The van der Waals surface area contributed by atoms with Crippen molar-refractivity contribution in [3.05, 3.63) is 81.8 Å². The lowest BCUT2D eigenvalue weighted by Crippen LogP contribution is -2.16. The van der Waals surface area contributed by atoms with Gasteiger partial charge in [0.2, 0.25) is 5.76 Å². The van der Waals surface area contributed by atoms with E-state index in [0.717, 1.165) is 16.9 Å². The number of oxime groups is 1. The highest BCUT2D eigenvalue weighted by Crippen LogP contribution is 2.23. The van der Waals surface area contributed by atoms with Gasteiger partial charge in [-0.1, -0.05) is 28.9 Å². The van der Waals surface area contributed by atoms with E-state index in [1.807, 2.05) is 32.0 Å². The number of carbonyl (C=O) groups excluding carboxylic acids is 1. The molecule has 0 atom stereocenters. The molecule has 0 saturated carbocycles. The number of hydrogen-bond acceptors (Lipinski definition) is 6. The summed E-state index contributed by atoms with van der Waals surface area (Å²) in [6.07, 6.45) is 0. The standard InChI is InChI=1S/C22H21ClN2O5/c1-13-4-5-14(2)20(10-13)28-12-16-7-9-19(29-16)22(26)30-25-21(24)17-11-15(23)6-8-18(17)27-3/h4-11H,12H2,1-3H3,(H2,24,25). The lowest BCUT2D eigenvalue weighted by Gasteiger charge is -2.08. The summed E-state index contributed by atoms with van der Waals surface area (Å²) < 4.78 is 16.5. The normalized spacial score (nSPS) is 11.3. The van der Waals surface area contributed by atoms with Gasteiger partial charge in [0, 0.05) is 5.02 Å². The zero-order valence-corrected chi connectivity index (χ0v) is 17.5. The van der Waals surface area contributed by atoms with Crippen LogP contribution in [0.2, 0.25) is 5.02 Å². The van der Waals surface area contributed by atoms with Crippen molar-refractivity contribution in [2.45, 2.75) is 20.5 Å². The first-order valence-corrected chi connectivity index (χ1v) is 9.42. The lowest BCUT2D eigenvalue weighted by atomic mass is 10.1. The second kappa shape index (κ2) is 9.37. The Hall–Kier alpha value is -3.45. The van der Waals surface area contributed by atoms with Gasteiger partial charge in [-0.3, -0.25) is 0 Å². The number of amidine groups is 1. The second-order valence-corrected chi connectivity index (χ2v) is 6.96. The predicted octanol–water partition coefficient (Wildman–Crippen LogP) is 4.61. The van der Waals surface area contributed by atoms with E-state index in [9.17, 15) is 4.79 Å². The highest BCUT2D eigenvalue weighted by molar-refractivity contribution is 6.31. The maximum atomic E-state index is 12.2. The molecule has 0 spiro atoms. The molecule has 0 bridgehead atoms. The van der Waals surface area contributed by atoms with Crippen molar-refractivity contribution < 1.29 is 23.5 Å². The molecule has 7 nitrogen and oxygen atoms in total. The zero-order valence-electron chi connectivity index (χ0n) is 16.8. The first kappa shape index (κ1) is 21.3. The Kier molecular flexibility index (Phi) is 6.64. The smallest absolute Gasteiger partial charge is 0.400 e. The Labute approximate surface area is 179 Å². The van der Waals surface area contributed by atoms with Gasteiger partial charge in [-0.05, 0) is 61.4 Å².